The van der Waals surface area contributed by atoms with Crippen LogP contribution in [0.15, 0.2) is 42.1 Å². The van der Waals surface area contributed by atoms with Crippen molar-refractivity contribution in [1.29, 1.82) is 0 Å². The van der Waals surface area contributed by atoms with Crippen LogP contribution in [0.25, 0.3) is 6.08 Å². The zero-order valence-electron chi connectivity index (χ0n) is 16.0. The van der Waals surface area contributed by atoms with E-state index in [1.54, 1.807) is 30.3 Å². The van der Waals surface area contributed by atoms with Crippen molar-refractivity contribution in [3.8, 4) is 11.5 Å². The van der Waals surface area contributed by atoms with Crippen LogP contribution in [0, 0.1) is 9.39 Å². The number of rotatable bonds is 7. The van der Waals surface area contributed by atoms with Crippen molar-refractivity contribution < 1.29 is 23.5 Å². The van der Waals surface area contributed by atoms with Crippen molar-refractivity contribution in [1.82, 2.24) is 10.2 Å². The van der Waals surface area contributed by atoms with Crippen LogP contribution in [-0.4, -0.2) is 30.1 Å². The van der Waals surface area contributed by atoms with Gasteiger partial charge >= 0.3 is 6.03 Å². The largest absolute Gasteiger partial charge is 0.490 e. The van der Waals surface area contributed by atoms with E-state index in [-0.39, 0.29) is 17.8 Å². The fraction of sp³-hybridized carbons (Fsp3) is 0.238. The maximum absolute atomic E-state index is 13.9. The molecule has 1 N–H and O–H groups in total. The highest BCUT2D eigenvalue weighted by atomic mass is 127. The topological polar surface area (TPSA) is 67.9 Å². The molecule has 0 aromatic heterocycles. The van der Waals surface area contributed by atoms with Crippen LogP contribution in [0.1, 0.15) is 25.0 Å². The molecule has 2 aromatic rings. The predicted molar refractivity (Wildman–Crippen MR) is 115 cm³/mol. The van der Waals surface area contributed by atoms with Gasteiger partial charge in [0, 0.05) is 5.56 Å². The van der Waals surface area contributed by atoms with E-state index in [0.717, 1.165) is 8.47 Å². The smallest absolute Gasteiger partial charge is 0.329 e. The number of ether oxygens (including phenoxy) is 2. The first kappa shape index (κ1) is 21.1. The van der Waals surface area contributed by atoms with Crippen LogP contribution in [0.5, 0.6) is 11.5 Å². The van der Waals surface area contributed by atoms with Crippen LogP contribution in [0.2, 0.25) is 0 Å². The van der Waals surface area contributed by atoms with Crippen LogP contribution in [-0.2, 0) is 11.3 Å². The van der Waals surface area contributed by atoms with Crippen molar-refractivity contribution in [2.24, 2.45) is 0 Å². The van der Waals surface area contributed by atoms with Gasteiger partial charge in [0.25, 0.3) is 5.91 Å². The lowest BCUT2D eigenvalue weighted by molar-refractivity contribution is -0.123. The Kier molecular flexibility index (Phi) is 6.73. The van der Waals surface area contributed by atoms with E-state index in [9.17, 15) is 14.0 Å². The second kappa shape index (κ2) is 9.25. The van der Waals surface area contributed by atoms with Gasteiger partial charge in [0.05, 0.1) is 23.3 Å². The quantitative estimate of drug-likeness (QED) is 0.343. The van der Waals surface area contributed by atoms with Crippen molar-refractivity contribution in [3.05, 3.63) is 62.6 Å². The van der Waals surface area contributed by atoms with Gasteiger partial charge in [0.2, 0.25) is 0 Å². The summed E-state index contributed by atoms with van der Waals surface area (Å²) in [6.07, 6.45) is 1.57. The summed E-state index contributed by atoms with van der Waals surface area (Å²) < 4.78 is 26.0. The minimum Gasteiger partial charge on any atom is -0.490 e. The zero-order chi connectivity index (χ0) is 21.0. The molecule has 0 spiro atoms. The predicted octanol–water partition coefficient (Wildman–Crippen LogP) is 4.32. The molecule has 152 valence electrons. The van der Waals surface area contributed by atoms with E-state index < -0.39 is 17.8 Å². The van der Waals surface area contributed by atoms with Gasteiger partial charge in [-0.3, -0.25) is 9.69 Å². The third-order valence-electron chi connectivity index (χ3n) is 4.18. The lowest BCUT2D eigenvalue weighted by Gasteiger charge is -2.14. The molecular formula is C21H20FIN2O4. The number of halogens is 2. The maximum atomic E-state index is 13.9. The molecule has 1 saturated heterocycles. The number of carbonyl (C=O) groups is 2. The number of hydrogen-bond acceptors (Lipinski definition) is 4. The molecular weight excluding hydrogens is 490 g/mol. The molecule has 3 amide bonds. The van der Waals surface area contributed by atoms with Crippen LogP contribution in [0.3, 0.4) is 0 Å². The third-order valence-corrected chi connectivity index (χ3v) is 4.98. The summed E-state index contributed by atoms with van der Waals surface area (Å²) in [5.41, 5.74) is 1.07. The van der Waals surface area contributed by atoms with E-state index >= 15 is 0 Å². The molecule has 0 radical (unpaired) electrons. The Bertz CT molecular complexity index is 977. The van der Waals surface area contributed by atoms with Crippen LogP contribution in [0.4, 0.5) is 9.18 Å². The van der Waals surface area contributed by atoms with Gasteiger partial charge in [-0.05, 0) is 66.3 Å². The molecule has 29 heavy (non-hydrogen) atoms. The minimum atomic E-state index is -0.588. The number of hydrogen-bond donors (Lipinski definition) is 1. The third kappa shape index (κ3) is 4.69. The molecule has 1 heterocycles. The molecule has 0 saturated carbocycles. The normalized spacial score (nSPS) is 15.0. The van der Waals surface area contributed by atoms with Gasteiger partial charge in [0.1, 0.15) is 11.5 Å². The molecule has 6 nitrogen and oxygen atoms in total. The second-order valence-electron chi connectivity index (χ2n) is 6.17. The zero-order valence-corrected chi connectivity index (χ0v) is 18.2. The number of nitrogens with zero attached hydrogens (tertiary/aromatic N) is 1. The highest BCUT2D eigenvalue weighted by Crippen LogP contribution is 2.35. The molecule has 1 aliphatic heterocycles. The molecule has 0 bridgehead atoms. The fourth-order valence-corrected chi connectivity index (χ4v) is 3.68. The van der Waals surface area contributed by atoms with Gasteiger partial charge in [-0.15, -0.1) is 0 Å². The fourth-order valence-electron chi connectivity index (χ4n) is 2.90. The van der Waals surface area contributed by atoms with Crippen molar-refractivity contribution in [2.45, 2.75) is 20.4 Å². The average molecular weight is 510 g/mol. The Balaban J connectivity index is 1.88. The van der Waals surface area contributed by atoms with E-state index in [2.05, 4.69) is 27.9 Å². The molecule has 0 unspecified atom stereocenters. The summed E-state index contributed by atoms with van der Waals surface area (Å²) in [6.45, 7) is 4.58. The first-order valence-electron chi connectivity index (χ1n) is 9.11. The van der Waals surface area contributed by atoms with E-state index in [1.807, 2.05) is 19.9 Å². The van der Waals surface area contributed by atoms with Gasteiger partial charge in [0.15, 0.2) is 11.5 Å². The van der Waals surface area contributed by atoms with Gasteiger partial charge in [-0.1, -0.05) is 18.2 Å². The van der Waals surface area contributed by atoms with Gasteiger partial charge < -0.3 is 14.8 Å². The van der Waals surface area contributed by atoms with Crippen LogP contribution >= 0.6 is 22.6 Å². The van der Waals surface area contributed by atoms with Crippen molar-refractivity contribution >= 4 is 40.6 Å². The first-order valence-corrected chi connectivity index (χ1v) is 10.2. The molecule has 0 aliphatic carbocycles. The summed E-state index contributed by atoms with van der Waals surface area (Å²) in [5.74, 6) is 0.223. The Labute approximate surface area is 181 Å². The molecule has 0 atom stereocenters. The lowest BCUT2D eigenvalue weighted by atomic mass is 10.1. The molecule has 2 aromatic carbocycles. The Morgan fingerprint density at radius 1 is 1.14 bits per heavy atom. The number of carbonyl (C=O) groups excluding carboxylic acids is 2. The molecule has 3 rings (SSSR count). The summed E-state index contributed by atoms with van der Waals surface area (Å²) in [5, 5.41) is 2.55. The maximum Gasteiger partial charge on any atom is 0.329 e. The number of nitrogens with one attached hydrogen (secondary N) is 1. The number of amides is 3. The van der Waals surface area contributed by atoms with E-state index in [0.29, 0.717) is 30.3 Å². The first-order chi connectivity index (χ1) is 13.9. The molecule has 1 aliphatic rings. The Morgan fingerprint density at radius 3 is 2.55 bits per heavy atom. The van der Waals surface area contributed by atoms with Gasteiger partial charge in [-0.25, -0.2) is 9.18 Å². The number of benzene rings is 2. The summed E-state index contributed by atoms with van der Waals surface area (Å²) in [7, 11) is 0. The second-order valence-corrected chi connectivity index (χ2v) is 7.33. The molecule has 8 heteroatoms. The van der Waals surface area contributed by atoms with E-state index in [1.165, 1.54) is 6.07 Å². The monoisotopic (exact) mass is 510 g/mol. The highest BCUT2D eigenvalue weighted by molar-refractivity contribution is 14.1. The van der Waals surface area contributed by atoms with E-state index in [4.69, 9.17) is 9.47 Å². The van der Waals surface area contributed by atoms with Crippen molar-refractivity contribution in [3.63, 3.8) is 0 Å². The summed E-state index contributed by atoms with van der Waals surface area (Å²) in [6, 6.07) is 9.05. The standard InChI is InChI=1S/C21H20FIN2O4/c1-3-28-18-11-13(9-16(23)19(18)29-4-2)10-17-20(26)25(21(27)24-17)12-14-7-5-6-8-15(14)22/h5-11H,3-4,12H2,1-2H3,(H,24,27). The summed E-state index contributed by atoms with van der Waals surface area (Å²) in [4.78, 5) is 25.9. The number of imide groups is 1. The minimum absolute atomic E-state index is 0.119. The SMILES string of the molecule is CCOc1cc(C=C2NC(=O)N(Cc3ccccc3F)C2=O)cc(I)c1OCC. The summed E-state index contributed by atoms with van der Waals surface area (Å²) >= 11 is 2.13. The van der Waals surface area contributed by atoms with Crippen LogP contribution < -0.4 is 14.8 Å². The highest BCUT2D eigenvalue weighted by Gasteiger charge is 2.34. The average Bonchev–Trinajstić information content (AvgIpc) is 2.94. The van der Waals surface area contributed by atoms with Crippen molar-refractivity contribution in [2.75, 3.05) is 13.2 Å². The molecule has 1 fully saturated rings. The number of urea groups is 1. The lowest BCUT2D eigenvalue weighted by Crippen LogP contribution is -2.30. The Morgan fingerprint density at radius 2 is 1.86 bits per heavy atom. The Hall–Kier alpha value is -2.62. The van der Waals surface area contributed by atoms with Gasteiger partial charge in [-0.2, -0.15) is 0 Å².